The lowest BCUT2D eigenvalue weighted by Gasteiger charge is -2.18. The molecule has 2 rings (SSSR count). The summed E-state index contributed by atoms with van der Waals surface area (Å²) in [5.41, 5.74) is 8.68. The molecule has 0 aliphatic carbocycles. The molecular weight excluding hydrogens is 326 g/mol. The van der Waals surface area contributed by atoms with Crippen LogP contribution in [-0.4, -0.2) is 7.05 Å². The zero-order valence-corrected chi connectivity index (χ0v) is 18.0. The van der Waals surface area contributed by atoms with Gasteiger partial charge in [-0.2, -0.15) is 0 Å². The molecule has 2 aromatic rings. The molecule has 0 spiro atoms. The van der Waals surface area contributed by atoms with E-state index < -0.39 is 0 Å². The van der Waals surface area contributed by atoms with E-state index in [0.29, 0.717) is 5.92 Å². The van der Waals surface area contributed by atoms with Crippen LogP contribution < -0.4 is 5.32 Å². The summed E-state index contributed by atoms with van der Waals surface area (Å²) >= 11 is 0. The van der Waals surface area contributed by atoms with Gasteiger partial charge in [0.15, 0.2) is 0 Å². The van der Waals surface area contributed by atoms with Crippen molar-refractivity contribution in [1.82, 2.24) is 0 Å². The summed E-state index contributed by atoms with van der Waals surface area (Å²) < 4.78 is 0. The highest BCUT2D eigenvalue weighted by molar-refractivity contribution is 5.85. The molecule has 0 aromatic heterocycles. The van der Waals surface area contributed by atoms with E-state index in [1.807, 2.05) is 7.05 Å². The van der Waals surface area contributed by atoms with E-state index in [9.17, 15) is 0 Å². The smallest absolute Gasteiger partial charge is 0.0417 e. The van der Waals surface area contributed by atoms with Crippen molar-refractivity contribution in [2.24, 2.45) is 0 Å². The second kappa shape index (κ2) is 10.3. The highest BCUT2D eigenvalue weighted by Crippen LogP contribution is 2.33. The Morgan fingerprint density at radius 3 is 2.26 bits per heavy atom. The second-order valence-electron chi connectivity index (χ2n) is 8.01. The Morgan fingerprint density at radius 2 is 1.63 bits per heavy atom. The van der Waals surface area contributed by atoms with Gasteiger partial charge >= 0.3 is 0 Å². The molecule has 0 aliphatic heterocycles. The molecule has 146 valence electrons. The van der Waals surface area contributed by atoms with Gasteiger partial charge in [-0.3, -0.25) is 0 Å². The average Bonchev–Trinajstić information content (AvgIpc) is 2.65. The number of anilines is 1. The fourth-order valence-electron chi connectivity index (χ4n) is 3.86. The summed E-state index contributed by atoms with van der Waals surface area (Å²) in [5, 5.41) is 3.35. The largest absolute Gasteiger partial charge is 0.388 e. The normalized spacial score (nSPS) is 12.0. The Kier molecular flexibility index (Phi) is 8.16. The van der Waals surface area contributed by atoms with Gasteiger partial charge in [0.1, 0.15) is 0 Å². The van der Waals surface area contributed by atoms with E-state index in [1.54, 1.807) is 0 Å². The minimum atomic E-state index is 0.586. The summed E-state index contributed by atoms with van der Waals surface area (Å²) in [6.45, 7) is 13.4. The van der Waals surface area contributed by atoms with E-state index in [2.05, 4.69) is 76.0 Å². The molecule has 1 unspecified atom stereocenters. The van der Waals surface area contributed by atoms with E-state index in [0.717, 1.165) is 11.3 Å². The van der Waals surface area contributed by atoms with E-state index in [1.165, 1.54) is 66.3 Å². The Hall–Kier alpha value is -2.02. The summed E-state index contributed by atoms with van der Waals surface area (Å²) in [6, 6.07) is 13.5. The molecule has 0 amide bonds. The van der Waals surface area contributed by atoms with Crippen LogP contribution in [0.1, 0.15) is 86.1 Å². The molecule has 1 nitrogen and oxygen atoms in total. The van der Waals surface area contributed by atoms with Gasteiger partial charge in [-0.05, 0) is 55.0 Å². The number of nitrogens with one attached hydrogen (secondary N) is 1. The van der Waals surface area contributed by atoms with Crippen molar-refractivity contribution >= 4 is 11.3 Å². The molecule has 0 radical (unpaired) electrons. The van der Waals surface area contributed by atoms with Crippen LogP contribution >= 0.6 is 0 Å². The van der Waals surface area contributed by atoms with Crippen LogP contribution in [0.4, 0.5) is 5.69 Å². The van der Waals surface area contributed by atoms with Crippen molar-refractivity contribution in [3.8, 4) is 0 Å². The zero-order valence-electron chi connectivity index (χ0n) is 18.0. The highest BCUT2D eigenvalue weighted by Gasteiger charge is 2.13. The predicted molar refractivity (Wildman–Crippen MR) is 122 cm³/mol. The summed E-state index contributed by atoms with van der Waals surface area (Å²) in [7, 11) is 1.99. The highest BCUT2D eigenvalue weighted by atomic mass is 14.8. The summed E-state index contributed by atoms with van der Waals surface area (Å²) in [4.78, 5) is 0. The van der Waals surface area contributed by atoms with Crippen LogP contribution in [-0.2, 0) is 0 Å². The first kappa shape index (κ1) is 21.3. The third kappa shape index (κ3) is 5.99. The maximum Gasteiger partial charge on any atom is 0.0417 e. The zero-order chi connectivity index (χ0) is 19.8. The second-order valence-corrected chi connectivity index (χ2v) is 8.01. The number of unbranched alkanes of at least 4 members (excludes halogenated alkanes) is 4. The average molecular weight is 364 g/mol. The Morgan fingerprint density at radius 1 is 0.963 bits per heavy atom. The van der Waals surface area contributed by atoms with Gasteiger partial charge in [0, 0.05) is 18.3 Å². The fourth-order valence-corrected chi connectivity index (χ4v) is 3.86. The monoisotopic (exact) mass is 363 g/mol. The standard InChI is InChI=1S/C26H37N/c1-7-8-9-10-11-12-21(4)23-13-14-26(27-6)25(18-23)22(5)24-16-19(2)15-20(3)17-24/h13-18,21,27H,5,7-12H2,1-4,6H3. The third-order valence-electron chi connectivity index (χ3n) is 5.52. The first-order valence-corrected chi connectivity index (χ1v) is 10.6. The van der Waals surface area contributed by atoms with Gasteiger partial charge in [0.05, 0.1) is 0 Å². The first-order chi connectivity index (χ1) is 13.0. The first-order valence-electron chi connectivity index (χ1n) is 10.6. The summed E-state index contributed by atoms with van der Waals surface area (Å²) in [5.74, 6) is 0.586. The van der Waals surface area contributed by atoms with E-state index in [4.69, 9.17) is 0 Å². The summed E-state index contributed by atoms with van der Waals surface area (Å²) in [6.07, 6.45) is 7.99. The number of rotatable bonds is 10. The predicted octanol–water partition coefficient (Wildman–Crippen LogP) is 7.87. The number of hydrogen-bond acceptors (Lipinski definition) is 1. The molecule has 0 aliphatic rings. The van der Waals surface area contributed by atoms with Crippen molar-refractivity contribution in [2.45, 2.75) is 72.1 Å². The number of aryl methyl sites for hydroxylation is 2. The van der Waals surface area contributed by atoms with Crippen LogP contribution in [0.2, 0.25) is 0 Å². The third-order valence-corrected chi connectivity index (χ3v) is 5.52. The van der Waals surface area contributed by atoms with Crippen LogP contribution in [0.3, 0.4) is 0 Å². The van der Waals surface area contributed by atoms with Crippen LogP contribution in [0.15, 0.2) is 43.0 Å². The molecule has 0 saturated carbocycles. The molecule has 2 aromatic carbocycles. The van der Waals surface area contributed by atoms with Crippen LogP contribution in [0.25, 0.3) is 5.57 Å². The molecule has 0 heterocycles. The lowest BCUT2D eigenvalue weighted by atomic mass is 9.89. The van der Waals surface area contributed by atoms with Crippen LogP contribution in [0, 0.1) is 13.8 Å². The topological polar surface area (TPSA) is 12.0 Å². The van der Waals surface area contributed by atoms with Gasteiger partial charge in [-0.1, -0.05) is 87.9 Å². The van der Waals surface area contributed by atoms with Crippen molar-refractivity contribution in [2.75, 3.05) is 12.4 Å². The van der Waals surface area contributed by atoms with E-state index >= 15 is 0 Å². The Balaban J connectivity index is 2.20. The lowest BCUT2D eigenvalue weighted by Crippen LogP contribution is -2.00. The van der Waals surface area contributed by atoms with Gasteiger partial charge in [0.25, 0.3) is 0 Å². The van der Waals surface area contributed by atoms with Crippen molar-refractivity contribution in [1.29, 1.82) is 0 Å². The molecule has 0 saturated heterocycles. The minimum absolute atomic E-state index is 0.586. The fraction of sp³-hybridized carbons (Fsp3) is 0.462. The van der Waals surface area contributed by atoms with Crippen molar-refractivity contribution in [3.63, 3.8) is 0 Å². The minimum Gasteiger partial charge on any atom is -0.388 e. The molecular formula is C26H37N. The Labute approximate surface area is 166 Å². The van der Waals surface area contributed by atoms with Crippen LogP contribution in [0.5, 0.6) is 0 Å². The molecule has 1 N–H and O–H groups in total. The van der Waals surface area contributed by atoms with Gasteiger partial charge in [-0.15, -0.1) is 0 Å². The van der Waals surface area contributed by atoms with Gasteiger partial charge < -0.3 is 5.32 Å². The Bertz CT molecular complexity index is 737. The van der Waals surface area contributed by atoms with Crippen molar-refractivity contribution in [3.05, 3.63) is 70.8 Å². The molecule has 0 bridgehead atoms. The number of benzene rings is 2. The van der Waals surface area contributed by atoms with E-state index in [-0.39, 0.29) is 0 Å². The molecule has 27 heavy (non-hydrogen) atoms. The lowest BCUT2D eigenvalue weighted by molar-refractivity contribution is 0.567. The maximum atomic E-state index is 4.44. The maximum absolute atomic E-state index is 4.44. The quantitative estimate of drug-likeness (QED) is 0.423. The molecule has 0 fully saturated rings. The molecule has 1 heteroatoms. The molecule has 1 atom stereocenters. The van der Waals surface area contributed by atoms with Gasteiger partial charge in [0.2, 0.25) is 0 Å². The SMILES string of the molecule is C=C(c1cc(C)cc(C)c1)c1cc(C(C)CCCCCCC)ccc1NC. The van der Waals surface area contributed by atoms with Gasteiger partial charge in [-0.25, -0.2) is 0 Å². The van der Waals surface area contributed by atoms with Crippen molar-refractivity contribution < 1.29 is 0 Å². The number of hydrogen-bond donors (Lipinski definition) is 1.